The van der Waals surface area contributed by atoms with Crippen molar-refractivity contribution in [2.45, 2.75) is 0 Å². The summed E-state index contributed by atoms with van der Waals surface area (Å²) < 4.78 is 6.47. The summed E-state index contributed by atoms with van der Waals surface area (Å²) >= 11 is 0. The van der Waals surface area contributed by atoms with E-state index in [1.807, 2.05) is 24.3 Å². The third-order valence-electron chi connectivity index (χ3n) is 9.72. The molecular formula is C47H29N3O. The lowest BCUT2D eigenvalue weighted by atomic mass is 9.98. The monoisotopic (exact) mass is 651 g/mol. The summed E-state index contributed by atoms with van der Waals surface area (Å²) in [6, 6.07) is 61.1. The molecule has 0 atom stereocenters. The maximum Gasteiger partial charge on any atom is 0.164 e. The molecule has 0 N–H and O–H groups in total. The smallest absolute Gasteiger partial charge is 0.164 e. The molecule has 0 bridgehead atoms. The molecule has 0 saturated heterocycles. The van der Waals surface area contributed by atoms with Crippen molar-refractivity contribution in [3.8, 4) is 56.4 Å². The van der Waals surface area contributed by atoms with Crippen LogP contribution in [-0.2, 0) is 0 Å². The minimum Gasteiger partial charge on any atom is -0.456 e. The van der Waals surface area contributed by atoms with E-state index >= 15 is 0 Å². The first-order chi connectivity index (χ1) is 25.2. The van der Waals surface area contributed by atoms with E-state index in [4.69, 9.17) is 19.4 Å². The Bertz CT molecular complexity index is 2900. The molecule has 0 saturated carbocycles. The Morgan fingerprint density at radius 3 is 1.76 bits per heavy atom. The maximum atomic E-state index is 6.47. The van der Waals surface area contributed by atoms with Gasteiger partial charge in [0.2, 0.25) is 0 Å². The van der Waals surface area contributed by atoms with Gasteiger partial charge in [-0.2, -0.15) is 0 Å². The van der Waals surface area contributed by atoms with Crippen molar-refractivity contribution >= 4 is 43.5 Å². The predicted octanol–water partition coefficient (Wildman–Crippen LogP) is 12.4. The van der Waals surface area contributed by atoms with Crippen LogP contribution in [0.4, 0.5) is 0 Å². The summed E-state index contributed by atoms with van der Waals surface area (Å²) in [5, 5.41) is 6.68. The lowest BCUT2D eigenvalue weighted by molar-refractivity contribution is 0.669. The van der Waals surface area contributed by atoms with Gasteiger partial charge < -0.3 is 4.42 Å². The summed E-state index contributed by atoms with van der Waals surface area (Å²) in [6.45, 7) is 0. The van der Waals surface area contributed by atoms with Crippen LogP contribution in [0.1, 0.15) is 0 Å². The van der Waals surface area contributed by atoms with Crippen LogP contribution in [0, 0.1) is 0 Å². The van der Waals surface area contributed by atoms with Gasteiger partial charge in [0.05, 0.1) is 0 Å². The van der Waals surface area contributed by atoms with Gasteiger partial charge in [0.25, 0.3) is 0 Å². The first kappa shape index (κ1) is 29.0. The zero-order chi connectivity index (χ0) is 33.7. The van der Waals surface area contributed by atoms with E-state index in [1.54, 1.807) is 0 Å². The van der Waals surface area contributed by atoms with E-state index in [2.05, 4.69) is 152 Å². The molecule has 0 aliphatic rings. The molecule has 0 aliphatic heterocycles. The number of rotatable bonds is 5. The van der Waals surface area contributed by atoms with Gasteiger partial charge in [-0.05, 0) is 68.1 Å². The fraction of sp³-hybridized carbons (Fsp3) is 0. The van der Waals surface area contributed by atoms with Crippen LogP contribution in [0.5, 0.6) is 0 Å². The van der Waals surface area contributed by atoms with Crippen molar-refractivity contribution in [3.05, 3.63) is 176 Å². The maximum absolute atomic E-state index is 6.47. The molecule has 10 rings (SSSR count). The highest BCUT2D eigenvalue weighted by Crippen LogP contribution is 2.40. The fourth-order valence-electron chi connectivity index (χ4n) is 7.18. The van der Waals surface area contributed by atoms with Crippen LogP contribution in [0.25, 0.3) is 99.9 Å². The molecule has 2 heterocycles. The number of nitrogens with zero attached hydrogens (tertiary/aromatic N) is 3. The van der Waals surface area contributed by atoms with Crippen molar-refractivity contribution < 1.29 is 4.42 Å². The van der Waals surface area contributed by atoms with E-state index in [1.165, 1.54) is 16.3 Å². The Balaban J connectivity index is 1.20. The fourth-order valence-corrected chi connectivity index (χ4v) is 7.18. The molecule has 0 unspecified atom stereocenters. The average Bonchev–Trinajstić information content (AvgIpc) is 3.59. The highest BCUT2D eigenvalue weighted by molar-refractivity contribution is 6.13. The zero-order valence-corrected chi connectivity index (χ0v) is 27.5. The van der Waals surface area contributed by atoms with Crippen molar-refractivity contribution in [1.29, 1.82) is 0 Å². The molecule has 0 amide bonds. The summed E-state index contributed by atoms with van der Waals surface area (Å²) in [5.74, 6) is 1.83. The minimum absolute atomic E-state index is 0.593. The van der Waals surface area contributed by atoms with Gasteiger partial charge in [0.1, 0.15) is 11.2 Å². The van der Waals surface area contributed by atoms with E-state index in [-0.39, 0.29) is 0 Å². The van der Waals surface area contributed by atoms with Gasteiger partial charge in [-0.1, -0.05) is 152 Å². The number of benzene rings is 8. The van der Waals surface area contributed by atoms with Crippen LogP contribution in [-0.4, -0.2) is 15.0 Å². The normalized spacial score (nSPS) is 11.5. The second kappa shape index (κ2) is 11.9. The Labute approximate surface area is 294 Å². The molecule has 10 aromatic rings. The highest BCUT2D eigenvalue weighted by atomic mass is 16.3. The van der Waals surface area contributed by atoms with E-state index in [0.29, 0.717) is 17.5 Å². The third-order valence-corrected chi connectivity index (χ3v) is 9.72. The summed E-state index contributed by atoms with van der Waals surface area (Å²) in [4.78, 5) is 15.6. The molecule has 238 valence electrons. The van der Waals surface area contributed by atoms with Gasteiger partial charge in [0.15, 0.2) is 17.5 Å². The second-order valence-electron chi connectivity index (χ2n) is 12.8. The first-order valence-electron chi connectivity index (χ1n) is 17.1. The number of aromatic nitrogens is 3. The number of fused-ring (bicyclic) bond motifs is 5. The summed E-state index contributed by atoms with van der Waals surface area (Å²) in [5.41, 5.74) is 8.81. The van der Waals surface area contributed by atoms with Crippen molar-refractivity contribution in [2.24, 2.45) is 0 Å². The Morgan fingerprint density at radius 2 is 0.922 bits per heavy atom. The molecule has 0 fully saturated rings. The van der Waals surface area contributed by atoms with Crippen LogP contribution in [0.2, 0.25) is 0 Å². The topological polar surface area (TPSA) is 51.8 Å². The van der Waals surface area contributed by atoms with Crippen LogP contribution < -0.4 is 0 Å². The Kier molecular flexibility index (Phi) is 6.78. The van der Waals surface area contributed by atoms with Crippen molar-refractivity contribution in [2.75, 3.05) is 0 Å². The molecule has 2 aromatic heterocycles. The van der Waals surface area contributed by atoms with Crippen molar-refractivity contribution in [3.63, 3.8) is 0 Å². The number of hydrogen-bond donors (Lipinski definition) is 0. The summed E-state index contributed by atoms with van der Waals surface area (Å²) in [6.07, 6.45) is 0. The van der Waals surface area contributed by atoms with Gasteiger partial charge >= 0.3 is 0 Å². The average molecular weight is 652 g/mol. The van der Waals surface area contributed by atoms with Crippen molar-refractivity contribution in [1.82, 2.24) is 15.0 Å². The van der Waals surface area contributed by atoms with Crippen LogP contribution in [0.15, 0.2) is 180 Å². The Hall–Kier alpha value is -6.91. The Morgan fingerprint density at radius 1 is 0.314 bits per heavy atom. The lowest BCUT2D eigenvalue weighted by Crippen LogP contribution is -2.01. The molecule has 51 heavy (non-hydrogen) atoms. The van der Waals surface area contributed by atoms with E-state index < -0.39 is 0 Å². The van der Waals surface area contributed by atoms with Crippen LogP contribution >= 0.6 is 0 Å². The molecular weight excluding hydrogens is 623 g/mol. The lowest BCUT2D eigenvalue weighted by Gasteiger charge is -2.12. The van der Waals surface area contributed by atoms with Gasteiger partial charge in [-0.15, -0.1) is 0 Å². The van der Waals surface area contributed by atoms with Gasteiger partial charge in [0, 0.05) is 27.5 Å². The third kappa shape index (κ3) is 5.13. The molecule has 8 aromatic carbocycles. The number of hydrogen-bond acceptors (Lipinski definition) is 4. The number of para-hydroxylation sites is 1. The molecule has 0 radical (unpaired) electrons. The van der Waals surface area contributed by atoms with Gasteiger partial charge in [-0.3, -0.25) is 0 Å². The molecule has 4 heteroatoms. The minimum atomic E-state index is 0.593. The largest absolute Gasteiger partial charge is 0.456 e. The second-order valence-corrected chi connectivity index (χ2v) is 12.8. The quantitative estimate of drug-likeness (QED) is 0.186. The number of furan rings is 1. The molecule has 4 nitrogen and oxygen atoms in total. The first-order valence-corrected chi connectivity index (χ1v) is 17.1. The van der Waals surface area contributed by atoms with E-state index in [0.717, 1.165) is 66.1 Å². The predicted molar refractivity (Wildman–Crippen MR) is 209 cm³/mol. The van der Waals surface area contributed by atoms with Gasteiger partial charge in [-0.25, -0.2) is 15.0 Å². The molecule has 0 aliphatic carbocycles. The molecule has 0 spiro atoms. The highest BCUT2D eigenvalue weighted by Gasteiger charge is 2.20. The SMILES string of the molecule is c1ccc(-c2cc(-c3nc(-c4ccc(-c5ccc6ccccc6c5)cc4)nc(-c4cccc5ccccc45)n3)c3c(c2)oc2ccccc23)cc1. The summed E-state index contributed by atoms with van der Waals surface area (Å²) in [7, 11) is 0. The van der Waals surface area contributed by atoms with Crippen LogP contribution in [0.3, 0.4) is 0 Å². The van der Waals surface area contributed by atoms with E-state index in [9.17, 15) is 0 Å². The standard InChI is InChI=1S/C47H29N3O/c1-2-11-30(12-3-1)37-28-41(44-40-18-8-9-20-42(40)51-43(44)29-37)47-49-45(48-46(50-47)39-19-10-16-33-14-6-7-17-38(33)39)34-24-21-32(22-25-34)36-26-23-31-13-4-5-15-35(31)27-36/h1-29H. The zero-order valence-electron chi connectivity index (χ0n) is 27.5.